The molecule has 0 aliphatic carbocycles. The summed E-state index contributed by atoms with van der Waals surface area (Å²) in [5.74, 6) is 0.905. The number of hydrogen-bond donors (Lipinski definition) is 1. The van der Waals surface area contributed by atoms with Gasteiger partial charge in [0.05, 0.1) is 7.11 Å². The van der Waals surface area contributed by atoms with Crippen LogP contribution in [0.4, 0.5) is 0 Å². The van der Waals surface area contributed by atoms with E-state index in [-0.39, 0.29) is 6.04 Å². The summed E-state index contributed by atoms with van der Waals surface area (Å²) in [5, 5.41) is 0. The Labute approximate surface area is 116 Å². The number of methoxy groups -OCH3 is 1. The molecule has 1 atom stereocenters. The molecule has 2 rings (SSSR count). The first kappa shape index (κ1) is 14.4. The topological polar surface area (TPSA) is 38.5 Å². The van der Waals surface area contributed by atoms with Gasteiger partial charge in [0, 0.05) is 18.2 Å². The molecule has 1 heterocycles. The molecule has 0 bridgehead atoms. The molecule has 1 aliphatic heterocycles. The van der Waals surface area contributed by atoms with Crippen molar-refractivity contribution in [3.63, 3.8) is 0 Å². The quantitative estimate of drug-likeness (QED) is 0.906. The Morgan fingerprint density at radius 3 is 2.42 bits per heavy atom. The molecule has 0 amide bonds. The third-order valence-corrected chi connectivity index (χ3v) is 3.94. The van der Waals surface area contributed by atoms with Crippen LogP contribution >= 0.6 is 0 Å². The highest BCUT2D eigenvalue weighted by molar-refractivity contribution is 5.35. The van der Waals surface area contributed by atoms with Crippen molar-refractivity contribution in [2.24, 2.45) is 5.73 Å². The van der Waals surface area contributed by atoms with Crippen molar-refractivity contribution in [2.45, 2.75) is 38.1 Å². The summed E-state index contributed by atoms with van der Waals surface area (Å²) in [6.45, 7) is 3.30. The van der Waals surface area contributed by atoms with Crippen LogP contribution in [0.5, 0.6) is 5.75 Å². The molecule has 19 heavy (non-hydrogen) atoms. The number of benzene rings is 1. The van der Waals surface area contributed by atoms with Gasteiger partial charge in [-0.15, -0.1) is 0 Å². The number of para-hydroxylation sites is 1. The molecule has 0 saturated carbocycles. The van der Waals surface area contributed by atoms with Crippen molar-refractivity contribution < 1.29 is 4.74 Å². The Kier molecular flexibility index (Phi) is 5.67. The van der Waals surface area contributed by atoms with Gasteiger partial charge in [0.1, 0.15) is 5.75 Å². The fourth-order valence-electron chi connectivity index (χ4n) is 2.84. The van der Waals surface area contributed by atoms with Gasteiger partial charge >= 0.3 is 0 Å². The Morgan fingerprint density at radius 1 is 1.11 bits per heavy atom. The molecule has 0 spiro atoms. The smallest absolute Gasteiger partial charge is 0.123 e. The predicted octanol–water partition coefficient (Wildman–Crippen LogP) is 2.96. The van der Waals surface area contributed by atoms with E-state index in [2.05, 4.69) is 11.0 Å². The first-order valence-corrected chi connectivity index (χ1v) is 7.42. The molecule has 2 N–H and O–H groups in total. The third-order valence-electron chi connectivity index (χ3n) is 3.94. The average molecular weight is 262 g/mol. The van der Waals surface area contributed by atoms with Crippen LogP contribution in [-0.2, 0) is 0 Å². The monoisotopic (exact) mass is 262 g/mol. The van der Waals surface area contributed by atoms with Gasteiger partial charge in [-0.25, -0.2) is 0 Å². The summed E-state index contributed by atoms with van der Waals surface area (Å²) in [6.07, 6.45) is 6.73. The van der Waals surface area contributed by atoms with E-state index < -0.39 is 0 Å². The van der Waals surface area contributed by atoms with E-state index in [9.17, 15) is 0 Å². The fourth-order valence-corrected chi connectivity index (χ4v) is 2.84. The molecule has 1 aliphatic rings. The molecular weight excluding hydrogens is 236 g/mol. The van der Waals surface area contributed by atoms with E-state index in [0.717, 1.165) is 17.9 Å². The second kappa shape index (κ2) is 7.51. The predicted molar refractivity (Wildman–Crippen MR) is 79.4 cm³/mol. The van der Waals surface area contributed by atoms with Gasteiger partial charge in [0.25, 0.3) is 0 Å². The van der Waals surface area contributed by atoms with Crippen LogP contribution in [0.15, 0.2) is 24.3 Å². The maximum absolute atomic E-state index is 6.37. The Balaban J connectivity index is 1.96. The summed E-state index contributed by atoms with van der Waals surface area (Å²) < 4.78 is 5.40. The van der Waals surface area contributed by atoms with Gasteiger partial charge in [0.2, 0.25) is 0 Å². The van der Waals surface area contributed by atoms with Crippen LogP contribution in [0.1, 0.15) is 43.7 Å². The Bertz CT molecular complexity index is 373. The number of ether oxygens (including phenoxy) is 1. The first-order chi connectivity index (χ1) is 9.31. The van der Waals surface area contributed by atoms with E-state index in [4.69, 9.17) is 10.5 Å². The lowest BCUT2D eigenvalue weighted by Crippen LogP contribution is -2.34. The third kappa shape index (κ3) is 4.22. The van der Waals surface area contributed by atoms with Crippen molar-refractivity contribution in [1.29, 1.82) is 0 Å². The molecular formula is C16H26N2O. The van der Waals surface area contributed by atoms with Crippen LogP contribution in [0.3, 0.4) is 0 Å². The van der Waals surface area contributed by atoms with Gasteiger partial charge < -0.3 is 15.4 Å². The van der Waals surface area contributed by atoms with E-state index in [1.54, 1.807) is 7.11 Å². The highest BCUT2D eigenvalue weighted by Crippen LogP contribution is 2.24. The molecule has 1 fully saturated rings. The van der Waals surface area contributed by atoms with E-state index in [0.29, 0.717) is 0 Å². The number of likely N-dealkylation sites (tertiary alicyclic amines) is 1. The zero-order valence-corrected chi connectivity index (χ0v) is 12.0. The Hall–Kier alpha value is -1.06. The largest absolute Gasteiger partial charge is 0.496 e. The van der Waals surface area contributed by atoms with Crippen molar-refractivity contribution in [3.05, 3.63) is 29.8 Å². The number of hydrogen-bond acceptors (Lipinski definition) is 3. The maximum Gasteiger partial charge on any atom is 0.123 e. The zero-order valence-electron chi connectivity index (χ0n) is 12.0. The van der Waals surface area contributed by atoms with E-state index in [1.165, 1.54) is 45.2 Å². The van der Waals surface area contributed by atoms with Crippen LogP contribution in [0.25, 0.3) is 0 Å². The van der Waals surface area contributed by atoms with Crippen molar-refractivity contribution in [2.75, 3.05) is 26.7 Å². The van der Waals surface area contributed by atoms with Crippen LogP contribution < -0.4 is 10.5 Å². The van der Waals surface area contributed by atoms with E-state index in [1.807, 2.05) is 18.2 Å². The van der Waals surface area contributed by atoms with Crippen molar-refractivity contribution >= 4 is 0 Å². The van der Waals surface area contributed by atoms with Gasteiger partial charge in [-0.3, -0.25) is 0 Å². The molecule has 1 aromatic carbocycles. The van der Waals surface area contributed by atoms with Gasteiger partial charge in [-0.2, -0.15) is 0 Å². The highest BCUT2D eigenvalue weighted by Gasteiger charge is 2.16. The highest BCUT2D eigenvalue weighted by atomic mass is 16.5. The zero-order chi connectivity index (χ0) is 13.5. The lowest BCUT2D eigenvalue weighted by atomic mass is 10.0. The molecule has 1 saturated heterocycles. The summed E-state index contributed by atoms with van der Waals surface area (Å²) >= 11 is 0. The lowest BCUT2D eigenvalue weighted by Gasteiger charge is -2.28. The van der Waals surface area contributed by atoms with Crippen LogP contribution in [0.2, 0.25) is 0 Å². The Morgan fingerprint density at radius 2 is 1.74 bits per heavy atom. The minimum absolute atomic E-state index is 0.0376. The number of nitrogens with two attached hydrogens (primary N) is 1. The van der Waals surface area contributed by atoms with Crippen molar-refractivity contribution in [3.8, 4) is 5.75 Å². The summed E-state index contributed by atoms with van der Waals surface area (Å²) in [6, 6.07) is 8.13. The fraction of sp³-hybridized carbons (Fsp3) is 0.625. The van der Waals surface area contributed by atoms with E-state index >= 15 is 0 Å². The standard InChI is InChI=1S/C16H26N2O/c1-19-16-10-6-5-9-14(16)15(17)13-18-11-7-3-2-4-8-12-18/h5-6,9-10,15H,2-4,7-8,11-13,17H2,1H3. The normalized spacial score (nSPS) is 19.5. The summed E-state index contributed by atoms with van der Waals surface area (Å²) in [7, 11) is 1.71. The molecule has 1 unspecified atom stereocenters. The second-order valence-corrected chi connectivity index (χ2v) is 5.42. The number of rotatable bonds is 4. The summed E-state index contributed by atoms with van der Waals surface area (Å²) in [4.78, 5) is 2.51. The second-order valence-electron chi connectivity index (χ2n) is 5.42. The average Bonchev–Trinajstić information content (AvgIpc) is 2.41. The molecule has 0 radical (unpaired) electrons. The SMILES string of the molecule is COc1ccccc1C(N)CN1CCCCCCC1. The number of nitrogens with zero attached hydrogens (tertiary/aromatic N) is 1. The van der Waals surface area contributed by atoms with Gasteiger partial charge in [-0.1, -0.05) is 37.5 Å². The van der Waals surface area contributed by atoms with Crippen LogP contribution in [0, 0.1) is 0 Å². The first-order valence-electron chi connectivity index (χ1n) is 7.42. The molecule has 0 aromatic heterocycles. The minimum Gasteiger partial charge on any atom is -0.496 e. The molecule has 3 nitrogen and oxygen atoms in total. The molecule has 106 valence electrons. The lowest BCUT2D eigenvalue weighted by molar-refractivity contribution is 0.233. The van der Waals surface area contributed by atoms with Crippen molar-refractivity contribution in [1.82, 2.24) is 4.90 Å². The van der Waals surface area contributed by atoms with Gasteiger partial charge in [0.15, 0.2) is 0 Å². The maximum atomic E-state index is 6.37. The summed E-state index contributed by atoms with van der Waals surface area (Å²) in [5.41, 5.74) is 7.49. The van der Waals surface area contributed by atoms with Crippen LogP contribution in [-0.4, -0.2) is 31.6 Å². The molecule has 1 aromatic rings. The minimum atomic E-state index is 0.0376. The molecule has 3 heteroatoms. The van der Waals surface area contributed by atoms with Gasteiger partial charge in [-0.05, 0) is 32.0 Å².